The van der Waals surface area contributed by atoms with Crippen LogP contribution in [0.3, 0.4) is 0 Å². The maximum Gasteiger partial charge on any atom is 0.130 e. The second-order valence-electron chi connectivity index (χ2n) is 5.70. The molecule has 0 spiro atoms. The molecule has 0 N–H and O–H groups in total. The first-order valence-corrected chi connectivity index (χ1v) is 7.46. The highest BCUT2D eigenvalue weighted by molar-refractivity contribution is 5.77. The van der Waals surface area contributed by atoms with E-state index in [4.69, 9.17) is 9.47 Å². The maximum atomic E-state index is 13.9. The smallest absolute Gasteiger partial charge is 0.130 e. The van der Waals surface area contributed by atoms with Crippen LogP contribution in [0.25, 0.3) is 11.1 Å². The van der Waals surface area contributed by atoms with Gasteiger partial charge in [0.2, 0.25) is 0 Å². The summed E-state index contributed by atoms with van der Waals surface area (Å²) in [5.74, 6) is 0.370. The Balaban J connectivity index is 2.17. The van der Waals surface area contributed by atoms with Crippen molar-refractivity contribution < 1.29 is 18.3 Å². The topological polar surface area (TPSA) is 18.5 Å². The third-order valence-electron chi connectivity index (χ3n) is 3.56. The minimum Gasteiger partial charge on any atom is -0.493 e. The van der Waals surface area contributed by atoms with E-state index in [0.29, 0.717) is 29.2 Å². The quantitative estimate of drug-likeness (QED) is 0.815. The number of fused-ring (bicyclic) bond motifs is 1. The molecule has 1 aliphatic heterocycles. The van der Waals surface area contributed by atoms with Gasteiger partial charge in [0.1, 0.15) is 23.1 Å². The molecule has 2 aromatic rings. The highest BCUT2D eigenvalue weighted by Gasteiger charge is 2.20. The Labute approximate surface area is 128 Å². The molecule has 0 saturated heterocycles. The van der Waals surface area contributed by atoms with Gasteiger partial charge in [-0.2, -0.15) is 0 Å². The second kappa shape index (κ2) is 5.95. The van der Waals surface area contributed by atoms with Crippen LogP contribution in [0.5, 0.6) is 11.5 Å². The molecule has 1 heterocycles. The van der Waals surface area contributed by atoms with Crippen molar-refractivity contribution in [3.05, 3.63) is 47.5 Å². The summed E-state index contributed by atoms with van der Waals surface area (Å²) in [5, 5.41) is 0. The monoisotopic (exact) mass is 304 g/mol. The van der Waals surface area contributed by atoms with Crippen molar-refractivity contribution in [1.29, 1.82) is 0 Å². The Morgan fingerprint density at radius 3 is 2.64 bits per heavy atom. The molecular formula is C18H18F2O2. The zero-order valence-electron chi connectivity index (χ0n) is 12.7. The Kier molecular flexibility index (Phi) is 4.01. The number of rotatable bonds is 3. The molecule has 0 amide bonds. The lowest BCUT2D eigenvalue weighted by molar-refractivity contribution is 0.242. The van der Waals surface area contributed by atoms with E-state index in [2.05, 4.69) is 0 Å². The second-order valence-corrected chi connectivity index (χ2v) is 5.70. The van der Waals surface area contributed by atoms with Crippen molar-refractivity contribution in [2.24, 2.45) is 0 Å². The molecule has 0 bridgehead atoms. The third-order valence-corrected chi connectivity index (χ3v) is 3.56. The lowest BCUT2D eigenvalue weighted by Crippen LogP contribution is -2.11. The van der Waals surface area contributed by atoms with E-state index < -0.39 is 0 Å². The van der Waals surface area contributed by atoms with E-state index in [1.54, 1.807) is 6.07 Å². The SMILES string of the molecule is CC(C)Oc1cc(F)ccc1-c1cc(F)cc2c1OCCC2. The molecule has 0 aliphatic carbocycles. The highest BCUT2D eigenvalue weighted by atomic mass is 19.1. The zero-order valence-corrected chi connectivity index (χ0v) is 12.7. The number of benzene rings is 2. The van der Waals surface area contributed by atoms with Crippen LogP contribution in [0.15, 0.2) is 30.3 Å². The fraction of sp³-hybridized carbons (Fsp3) is 0.333. The predicted octanol–water partition coefficient (Wildman–Crippen LogP) is 4.74. The summed E-state index contributed by atoms with van der Waals surface area (Å²) in [7, 11) is 0. The molecule has 22 heavy (non-hydrogen) atoms. The van der Waals surface area contributed by atoms with E-state index in [-0.39, 0.29) is 17.7 Å². The van der Waals surface area contributed by atoms with Gasteiger partial charge in [0.15, 0.2) is 0 Å². The molecule has 3 rings (SSSR count). The van der Waals surface area contributed by atoms with Gasteiger partial charge in [-0.3, -0.25) is 0 Å². The lowest BCUT2D eigenvalue weighted by atomic mass is 9.96. The fourth-order valence-electron chi connectivity index (χ4n) is 2.71. The summed E-state index contributed by atoms with van der Waals surface area (Å²) in [4.78, 5) is 0. The largest absolute Gasteiger partial charge is 0.493 e. The van der Waals surface area contributed by atoms with Gasteiger partial charge in [-0.25, -0.2) is 8.78 Å². The predicted molar refractivity (Wildman–Crippen MR) is 81.4 cm³/mol. The molecular weight excluding hydrogens is 286 g/mol. The molecule has 2 nitrogen and oxygen atoms in total. The van der Waals surface area contributed by atoms with Crippen molar-refractivity contribution in [2.45, 2.75) is 32.8 Å². The number of ether oxygens (including phenoxy) is 2. The van der Waals surface area contributed by atoms with Gasteiger partial charge in [-0.05, 0) is 56.5 Å². The third kappa shape index (κ3) is 2.91. The summed E-state index contributed by atoms with van der Waals surface area (Å²) >= 11 is 0. The van der Waals surface area contributed by atoms with Crippen LogP contribution in [0.1, 0.15) is 25.8 Å². The van der Waals surface area contributed by atoms with Gasteiger partial charge >= 0.3 is 0 Å². The summed E-state index contributed by atoms with van der Waals surface area (Å²) in [5.41, 5.74) is 2.11. The van der Waals surface area contributed by atoms with Crippen LogP contribution in [0, 0.1) is 11.6 Å². The highest BCUT2D eigenvalue weighted by Crippen LogP contribution is 2.41. The van der Waals surface area contributed by atoms with Gasteiger partial charge in [-0.1, -0.05) is 0 Å². The summed E-state index contributed by atoms with van der Waals surface area (Å²) in [6, 6.07) is 7.22. The van der Waals surface area contributed by atoms with Crippen molar-refractivity contribution in [2.75, 3.05) is 6.61 Å². The van der Waals surface area contributed by atoms with Crippen molar-refractivity contribution in [3.8, 4) is 22.6 Å². The minimum atomic E-state index is -0.384. The average molecular weight is 304 g/mol. The molecule has 0 aromatic heterocycles. The lowest BCUT2D eigenvalue weighted by Gasteiger charge is -2.22. The Bertz CT molecular complexity index is 696. The molecule has 1 aliphatic rings. The van der Waals surface area contributed by atoms with E-state index >= 15 is 0 Å². The Hall–Kier alpha value is -2.10. The molecule has 0 unspecified atom stereocenters. The van der Waals surface area contributed by atoms with Crippen LogP contribution >= 0.6 is 0 Å². The maximum absolute atomic E-state index is 13.9. The first kappa shape index (κ1) is 14.8. The number of hydrogen-bond acceptors (Lipinski definition) is 2. The first-order valence-electron chi connectivity index (χ1n) is 7.46. The van der Waals surface area contributed by atoms with E-state index in [1.165, 1.54) is 24.3 Å². The minimum absolute atomic E-state index is 0.106. The van der Waals surface area contributed by atoms with E-state index in [9.17, 15) is 8.78 Å². The molecule has 116 valence electrons. The number of aryl methyl sites for hydroxylation is 1. The summed E-state index contributed by atoms with van der Waals surface area (Å²) in [6.45, 7) is 4.34. The zero-order chi connectivity index (χ0) is 15.7. The molecule has 4 heteroatoms. The standard InChI is InChI=1S/C18H18F2O2/c1-11(2)22-17-10-13(19)5-6-15(17)16-9-14(20)8-12-4-3-7-21-18(12)16/h5-6,8-11H,3-4,7H2,1-2H3. The van der Waals surface area contributed by atoms with E-state index in [0.717, 1.165) is 18.4 Å². The molecule has 0 fully saturated rings. The molecule has 0 saturated carbocycles. The first-order chi connectivity index (χ1) is 10.5. The van der Waals surface area contributed by atoms with Gasteiger partial charge in [0.05, 0.1) is 12.7 Å². The normalized spacial score (nSPS) is 13.7. The number of hydrogen-bond donors (Lipinski definition) is 0. The van der Waals surface area contributed by atoms with Crippen molar-refractivity contribution in [3.63, 3.8) is 0 Å². The summed E-state index contributed by atoms with van der Waals surface area (Å²) in [6.07, 6.45) is 1.54. The van der Waals surface area contributed by atoms with Crippen LogP contribution < -0.4 is 9.47 Å². The fourth-order valence-corrected chi connectivity index (χ4v) is 2.71. The van der Waals surface area contributed by atoms with Crippen LogP contribution in [-0.2, 0) is 6.42 Å². The Morgan fingerprint density at radius 1 is 1.05 bits per heavy atom. The van der Waals surface area contributed by atoms with Crippen LogP contribution in [0.2, 0.25) is 0 Å². The number of halogens is 2. The average Bonchev–Trinajstić information content (AvgIpc) is 2.46. The Morgan fingerprint density at radius 2 is 1.86 bits per heavy atom. The molecule has 2 aromatic carbocycles. The molecule has 0 radical (unpaired) electrons. The summed E-state index contributed by atoms with van der Waals surface area (Å²) < 4.78 is 38.9. The van der Waals surface area contributed by atoms with Gasteiger partial charge in [0, 0.05) is 17.2 Å². The van der Waals surface area contributed by atoms with E-state index in [1.807, 2.05) is 13.8 Å². The van der Waals surface area contributed by atoms with Crippen molar-refractivity contribution in [1.82, 2.24) is 0 Å². The van der Waals surface area contributed by atoms with Gasteiger partial charge in [0.25, 0.3) is 0 Å². The molecule has 0 atom stereocenters. The van der Waals surface area contributed by atoms with Crippen LogP contribution in [0.4, 0.5) is 8.78 Å². The van der Waals surface area contributed by atoms with Gasteiger partial charge < -0.3 is 9.47 Å². The van der Waals surface area contributed by atoms with Gasteiger partial charge in [-0.15, -0.1) is 0 Å². The van der Waals surface area contributed by atoms with Crippen molar-refractivity contribution >= 4 is 0 Å². The van der Waals surface area contributed by atoms with Crippen LogP contribution in [-0.4, -0.2) is 12.7 Å².